The summed E-state index contributed by atoms with van der Waals surface area (Å²) in [5.74, 6) is 0.822. The van der Waals surface area contributed by atoms with Crippen LogP contribution in [0.4, 0.5) is 0 Å². The number of nitrogens with one attached hydrogen (secondary N) is 2. The molecule has 4 nitrogen and oxygen atoms in total. The van der Waals surface area contributed by atoms with E-state index >= 15 is 0 Å². The summed E-state index contributed by atoms with van der Waals surface area (Å²) < 4.78 is 0. The number of hydrogen-bond donors (Lipinski definition) is 4. The molecule has 82 valence electrons. The number of carbonyl (C=O) groups is 1. The SMILES string of the molecule is CC(=O)[C@@H]1C[C@@H](NC(O)CCS)CN1. The lowest BCUT2D eigenvalue weighted by Crippen LogP contribution is -2.39. The van der Waals surface area contributed by atoms with Crippen LogP contribution in [0.1, 0.15) is 19.8 Å². The summed E-state index contributed by atoms with van der Waals surface area (Å²) in [6.07, 6.45) is 0.883. The van der Waals surface area contributed by atoms with Gasteiger partial charge in [-0.2, -0.15) is 12.6 Å². The molecule has 0 saturated carbocycles. The van der Waals surface area contributed by atoms with Crippen LogP contribution < -0.4 is 10.6 Å². The zero-order valence-electron chi connectivity index (χ0n) is 8.36. The van der Waals surface area contributed by atoms with Crippen LogP contribution in [0.3, 0.4) is 0 Å². The first kappa shape index (κ1) is 12.0. The maximum Gasteiger partial charge on any atom is 0.146 e. The van der Waals surface area contributed by atoms with Gasteiger partial charge in [0.15, 0.2) is 0 Å². The van der Waals surface area contributed by atoms with E-state index in [0.717, 1.165) is 13.0 Å². The Bertz CT molecular complexity index is 201. The van der Waals surface area contributed by atoms with Crippen molar-refractivity contribution < 1.29 is 9.90 Å². The molecular weight excluding hydrogens is 200 g/mol. The molecule has 3 atom stereocenters. The van der Waals surface area contributed by atoms with E-state index in [1.165, 1.54) is 0 Å². The molecule has 1 saturated heterocycles. The van der Waals surface area contributed by atoms with E-state index in [2.05, 4.69) is 23.3 Å². The van der Waals surface area contributed by atoms with Gasteiger partial charge in [0.2, 0.25) is 0 Å². The van der Waals surface area contributed by atoms with Crippen molar-refractivity contribution in [3.05, 3.63) is 0 Å². The summed E-state index contributed by atoms with van der Waals surface area (Å²) in [6.45, 7) is 2.33. The second kappa shape index (κ2) is 5.70. The van der Waals surface area contributed by atoms with E-state index in [1.54, 1.807) is 6.92 Å². The van der Waals surface area contributed by atoms with Crippen LogP contribution in [0.2, 0.25) is 0 Å². The molecule has 1 fully saturated rings. The largest absolute Gasteiger partial charge is 0.379 e. The maximum absolute atomic E-state index is 11.0. The summed E-state index contributed by atoms with van der Waals surface area (Å²) >= 11 is 4.04. The Balaban J connectivity index is 2.25. The Labute approximate surface area is 89.9 Å². The van der Waals surface area contributed by atoms with Crippen molar-refractivity contribution in [2.45, 2.75) is 38.1 Å². The third-order valence-corrected chi connectivity index (χ3v) is 2.71. The van der Waals surface area contributed by atoms with Crippen molar-refractivity contribution in [2.75, 3.05) is 12.3 Å². The smallest absolute Gasteiger partial charge is 0.146 e. The average molecular weight is 218 g/mol. The molecule has 14 heavy (non-hydrogen) atoms. The Kier molecular flexibility index (Phi) is 4.88. The second-order valence-corrected chi connectivity index (χ2v) is 4.15. The number of thiol groups is 1. The van der Waals surface area contributed by atoms with Gasteiger partial charge < -0.3 is 10.4 Å². The molecule has 1 aliphatic heterocycles. The minimum Gasteiger partial charge on any atom is -0.379 e. The normalized spacial score (nSPS) is 29.1. The molecule has 1 unspecified atom stereocenters. The lowest BCUT2D eigenvalue weighted by Gasteiger charge is -2.16. The first-order chi connectivity index (χ1) is 6.63. The Morgan fingerprint density at radius 1 is 1.79 bits per heavy atom. The number of Topliss-reactive ketones (excluding diaryl/α,β-unsaturated/α-hetero) is 1. The van der Waals surface area contributed by atoms with Gasteiger partial charge in [-0.15, -0.1) is 0 Å². The van der Waals surface area contributed by atoms with Gasteiger partial charge >= 0.3 is 0 Å². The lowest BCUT2D eigenvalue weighted by molar-refractivity contribution is -0.118. The second-order valence-electron chi connectivity index (χ2n) is 3.70. The summed E-state index contributed by atoms with van der Waals surface area (Å²) in [6, 6.07) is 0.148. The average Bonchev–Trinajstić information content (AvgIpc) is 2.53. The summed E-state index contributed by atoms with van der Waals surface area (Å²) in [5.41, 5.74) is 0. The molecule has 0 aromatic carbocycles. The zero-order valence-corrected chi connectivity index (χ0v) is 9.26. The fraction of sp³-hybridized carbons (Fsp3) is 0.889. The molecule has 3 N–H and O–H groups in total. The van der Waals surface area contributed by atoms with Gasteiger partial charge in [-0.25, -0.2) is 0 Å². The standard InChI is InChI=1S/C9H18N2O2S/c1-6(12)8-4-7(5-10-8)11-9(13)2-3-14/h7-11,13-14H,2-5H2,1H3/t7-,8+,9?/m1/s1. The highest BCUT2D eigenvalue weighted by Gasteiger charge is 2.27. The van der Waals surface area contributed by atoms with Gasteiger partial charge in [0.25, 0.3) is 0 Å². The molecule has 0 aromatic rings. The molecule has 5 heteroatoms. The minimum atomic E-state index is -0.509. The van der Waals surface area contributed by atoms with Gasteiger partial charge in [0, 0.05) is 12.6 Å². The number of hydrogen-bond acceptors (Lipinski definition) is 5. The third kappa shape index (κ3) is 3.57. The molecule has 0 spiro atoms. The first-order valence-electron chi connectivity index (χ1n) is 4.92. The fourth-order valence-electron chi connectivity index (χ4n) is 1.65. The number of carbonyl (C=O) groups excluding carboxylic acids is 1. The van der Waals surface area contributed by atoms with Gasteiger partial charge in [0.05, 0.1) is 6.04 Å². The van der Waals surface area contributed by atoms with E-state index < -0.39 is 6.23 Å². The highest BCUT2D eigenvalue weighted by atomic mass is 32.1. The fourth-order valence-corrected chi connectivity index (χ4v) is 1.89. The van der Waals surface area contributed by atoms with Gasteiger partial charge in [-0.05, 0) is 25.5 Å². The first-order valence-corrected chi connectivity index (χ1v) is 5.55. The highest BCUT2D eigenvalue weighted by Crippen LogP contribution is 2.08. The van der Waals surface area contributed by atoms with Gasteiger partial charge in [-0.1, -0.05) is 0 Å². The maximum atomic E-state index is 11.0. The van der Waals surface area contributed by atoms with Crippen molar-refractivity contribution in [1.82, 2.24) is 10.6 Å². The van der Waals surface area contributed by atoms with Crippen LogP contribution in [-0.2, 0) is 4.79 Å². The van der Waals surface area contributed by atoms with E-state index in [1.807, 2.05) is 0 Å². The Hall–Kier alpha value is -0.100. The predicted octanol–water partition coefficient (Wildman–Crippen LogP) is -0.466. The molecule has 1 rings (SSSR count). The topological polar surface area (TPSA) is 61.4 Å². The number of aliphatic hydroxyl groups is 1. The quantitative estimate of drug-likeness (QED) is 0.372. The van der Waals surface area contributed by atoms with Crippen LogP contribution in [-0.4, -0.2) is 41.5 Å². The van der Waals surface area contributed by atoms with Crippen molar-refractivity contribution in [1.29, 1.82) is 0 Å². The Morgan fingerprint density at radius 3 is 3.00 bits per heavy atom. The third-order valence-electron chi connectivity index (χ3n) is 2.45. The number of aliphatic hydroxyl groups excluding tert-OH is 1. The van der Waals surface area contributed by atoms with Crippen LogP contribution in [0.25, 0.3) is 0 Å². The van der Waals surface area contributed by atoms with E-state index in [9.17, 15) is 9.90 Å². The highest BCUT2D eigenvalue weighted by molar-refractivity contribution is 7.80. The van der Waals surface area contributed by atoms with Crippen LogP contribution in [0, 0.1) is 0 Å². The van der Waals surface area contributed by atoms with Crippen molar-refractivity contribution in [2.24, 2.45) is 0 Å². The predicted molar refractivity (Wildman–Crippen MR) is 58.5 cm³/mol. The van der Waals surface area contributed by atoms with Crippen molar-refractivity contribution in [3.8, 4) is 0 Å². The number of rotatable bonds is 5. The molecule has 0 aliphatic carbocycles. The molecule has 0 bridgehead atoms. The molecule has 1 aliphatic rings. The molecule has 1 heterocycles. The van der Waals surface area contributed by atoms with Crippen molar-refractivity contribution >= 4 is 18.4 Å². The minimum absolute atomic E-state index is 0.0456. The van der Waals surface area contributed by atoms with Gasteiger partial charge in [0.1, 0.15) is 12.0 Å². The summed E-state index contributed by atoms with van der Waals surface area (Å²) in [4.78, 5) is 11.0. The van der Waals surface area contributed by atoms with E-state index in [4.69, 9.17) is 0 Å². The van der Waals surface area contributed by atoms with Crippen molar-refractivity contribution in [3.63, 3.8) is 0 Å². The van der Waals surface area contributed by atoms with Crippen LogP contribution in [0.15, 0.2) is 0 Å². The van der Waals surface area contributed by atoms with E-state index in [-0.39, 0.29) is 17.9 Å². The number of ketones is 1. The van der Waals surface area contributed by atoms with Crippen LogP contribution >= 0.6 is 12.6 Å². The van der Waals surface area contributed by atoms with Crippen LogP contribution in [0.5, 0.6) is 0 Å². The monoisotopic (exact) mass is 218 g/mol. The summed E-state index contributed by atoms with van der Waals surface area (Å²) in [5, 5.41) is 15.6. The van der Waals surface area contributed by atoms with Gasteiger partial charge in [-0.3, -0.25) is 10.1 Å². The summed E-state index contributed by atoms with van der Waals surface area (Å²) in [7, 11) is 0. The van der Waals surface area contributed by atoms with E-state index in [0.29, 0.717) is 12.2 Å². The molecule has 0 amide bonds. The zero-order chi connectivity index (χ0) is 10.6. The molecular formula is C9H18N2O2S. The lowest BCUT2D eigenvalue weighted by atomic mass is 10.1. The Morgan fingerprint density at radius 2 is 2.50 bits per heavy atom. The molecule has 0 radical (unpaired) electrons. The molecule has 0 aromatic heterocycles.